The van der Waals surface area contributed by atoms with Gasteiger partial charge in [-0.25, -0.2) is 0 Å². The van der Waals surface area contributed by atoms with Gasteiger partial charge in [0.05, 0.1) is 0 Å². The molecule has 2 aromatic carbocycles. The van der Waals surface area contributed by atoms with Crippen molar-refractivity contribution in [3.63, 3.8) is 0 Å². The molecule has 0 aromatic heterocycles. The number of rotatable bonds is 3. The summed E-state index contributed by atoms with van der Waals surface area (Å²) in [6.07, 6.45) is 1.40. The Balaban J connectivity index is 1.46. The molecule has 1 atom stereocenters. The Morgan fingerprint density at radius 3 is 2.32 bits per heavy atom. The van der Waals surface area contributed by atoms with Crippen LogP contribution in [0.2, 0.25) is 0 Å². The number of carbonyl (C=O) groups excluding carboxylic acids is 2. The summed E-state index contributed by atoms with van der Waals surface area (Å²) >= 11 is 0. The third kappa shape index (κ3) is 3.37. The average molecular weight is 377 g/mol. The van der Waals surface area contributed by atoms with Gasteiger partial charge in [0.25, 0.3) is 5.91 Å². The fourth-order valence-electron chi connectivity index (χ4n) is 4.32. The molecule has 2 heterocycles. The number of hydrogen-bond donors (Lipinski definition) is 0. The van der Waals surface area contributed by atoms with E-state index in [4.69, 9.17) is 0 Å². The maximum atomic E-state index is 13.0. The molecular weight excluding hydrogens is 350 g/mol. The predicted octanol–water partition coefficient (Wildman–Crippen LogP) is 3.33. The second kappa shape index (κ2) is 6.97. The fraction of sp³-hybridized carbons (Fsp3) is 0.391. The highest BCUT2D eigenvalue weighted by Crippen LogP contribution is 2.42. The standard InChI is InChI=1S/C23H27N3O2/c1-17-4-8-20(9-5-17)26-16-23(14-21(26)27)12-13-25(15-23)22(28)18-6-10-19(11-7-18)24(2)3/h4-11H,12-16H2,1-3H3/t23-/m1/s1. The molecular formula is C23H27N3O2. The van der Waals surface area contributed by atoms with Crippen LogP contribution in [0.4, 0.5) is 11.4 Å². The Bertz CT molecular complexity index is 889. The van der Waals surface area contributed by atoms with Crippen molar-refractivity contribution in [3.8, 4) is 0 Å². The molecule has 0 radical (unpaired) electrons. The van der Waals surface area contributed by atoms with E-state index in [1.54, 1.807) is 0 Å². The highest BCUT2D eigenvalue weighted by atomic mass is 16.2. The van der Waals surface area contributed by atoms with Crippen molar-refractivity contribution in [1.82, 2.24) is 4.90 Å². The van der Waals surface area contributed by atoms with E-state index < -0.39 is 0 Å². The highest BCUT2D eigenvalue weighted by molar-refractivity contribution is 5.97. The lowest BCUT2D eigenvalue weighted by molar-refractivity contribution is -0.117. The molecule has 2 aliphatic rings. The van der Waals surface area contributed by atoms with Crippen LogP contribution in [0.25, 0.3) is 0 Å². The molecule has 0 saturated carbocycles. The summed E-state index contributed by atoms with van der Waals surface area (Å²) in [7, 11) is 3.97. The normalized spacial score (nSPS) is 21.6. The molecule has 0 N–H and O–H groups in total. The van der Waals surface area contributed by atoms with Gasteiger partial charge in [-0.3, -0.25) is 9.59 Å². The molecule has 0 bridgehead atoms. The predicted molar refractivity (Wildman–Crippen MR) is 112 cm³/mol. The molecule has 2 fully saturated rings. The first kappa shape index (κ1) is 18.5. The van der Waals surface area contributed by atoms with Crippen molar-refractivity contribution >= 4 is 23.2 Å². The Kier molecular flexibility index (Phi) is 4.61. The smallest absolute Gasteiger partial charge is 0.253 e. The van der Waals surface area contributed by atoms with E-state index in [1.807, 2.05) is 84.2 Å². The molecule has 2 aromatic rings. The number of nitrogens with zero attached hydrogens (tertiary/aromatic N) is 3. The number of carbonyl (C=O) groups is 2. The summed E-state index contributed by atoms with van der Waals surface area (Å²) in [6.45, 7) is 4.10. The van der Waals surface area contributed by atoms with Crippen molar-refractivity contribution in [3.05, 3.63) is 59.7 Å². The van der Waals surface area contributed by atoms with Gasteiger partial charge in [0.15, 0.2) is 0 Å². The van der Waals surface area contributed by atoms with Crippen LogP contribution in [0.15, 0.2) is 48.5 Å². The molecule has 1 spiro atoms. The maximum Gasteiger partial charge on any atom is 0.253 e. The van der Waals surface area contributed by atoms with Crippen LogP contribution in [0, 0.1) is 12.3 Å². The molecule has 5 nitrogen and oxygen atoms in total. The molecule has 28 heavy (non-hydrogen) atoms. The van der Waals surface area contributed by atoms with E-state index in [9.17, 15) is 9.59 Å². The van der Waals surface area contributed by atoms with Gasteiger partial charge in [-0.2, -0.15) is 0 Å². The highest BCUT2D eigenvalue weighted by Gasteiger charge is 2.48. The number of amides is 2. The van der Waals surface area contributed by atoms with Crippen LogP contribution in [-0.4, -0.2) is 50.4 Å². The van der Waals surface area contributed by atoms with Crippen LogP contribution >= 0.6 is 0 Å². The SMILES string of the molecule is Cc1ccc(N2C[C@]3(CCN(C(=O)c4ccc(N(C)C)cc4)C3)CC2=O)cc1. The lowest BCUT2D eigenvalue weighted by Crippen LogP contribution is -2.34. The first-order valence-electron chi connectivity index (χ1n) is 9.81. The zero-order valence-electron chi connectivity index (χ0n) is 16.8. The summed E-state index contributed by atoms with van der Waals surface area (Å²) in [6, 6.07) is 15.8. The van der Waals surface area contributed by atoms with E-state index in [-0.39, 0.29) is 17.2 Å². The van der Waals surface area contributed by atoms with Gasteiger partial charge in [0.1, 0.15) is 0 Å². The quantitative estimate of drug-likeness (QED) is 0.824. The van der Waals surface area contributed by atoms with E-state index in [1.165, 1.54) is 5.56 Å². The number of aryl methyl sites for hydroxylation is 1. The topological polar surface area (TPSA) is 43.9 Å². The molecule has 2 aliphatic heterocycles. The number of hydrogen-bond acceptors (Lipinski definition) is 3. The van der Waals surface area contributed by atoms with Gasteiger partial charge >= 0.3 is 0 Å². The molecule has 5 heteroatoms. The third-order valence-corrected chi connectivity index (χ3v) is 6.02. The Labute approximate surface area is 166 Å². The molecule has 0 unspecified atom stereocenters. The van der Waals surface area contributed by atoms with Gasteiger partial charge in [-0.05, 0) is 49.7 Å². The van der Waals surface area contributed by atoms with Crippen molar-refractivity contribution in [2.45, 2.75) is 19.8 Å². The molecule has 4 rings (SSSR count). The molecule has 146 valence electrons. The van der Waals surface area contributed by atoms with Crippen LogP contribution in [0.1, 0.15) is 28.8 Å². The Morgan fingerprint density at radius 2 is 1.68 bits per heavy atom. The minimum absolute atomic E-state index is 0.0587. The first-order valence-corrected chi connectivity index (χ1v) is 9.81. The zero-order chi connectivity index (χ0) is 19.9. The van der Waals surface area contributed by atoms with Crippen LogP contribution in [0.3, 0.4) is 0 Å². The largest absolute Gasteiger partial charge is 0.378 e. The Morgan fingerprint density at radius 1 is 1.00 bits per heavy atom. The number of anilines is 2. The lowest BCUT2D eigenvalue weighted by Gasteiger charge is -2.24. The minimum atomic E-state index is -0.124. The van der Waals surface area contributed by atoms with Crippen molar-refractivity contribution in [1.29, 1.82) is 0 Å². The fourth-order valence-corrected chi connectivity index (χ4v) is 4.32. The number of likely N-dealkylation sites (tertiary alicyclic amines) is 1. The van der Waals surface area contributed by atoms with Gasteiger partial charge in [0, 0.05) is 62.5 Å². The first-order chi connectivity index (χ1) is 13.4. The third-order valence-electron chi connectivity index (χ3n) is 6.02. The average Bonchev–Trinajstić information content (AvgIpc) is 3.25. The van der Waals surface area contributed by atoms with E-state index in [0.717, 1.165) is 17.8 Å². The lowest BCUT2D eigenvalue weighted by atomic mass is 9.86. The Hall–Kier alpha value is -2.82. The monoisotopic (exact) mass is 377 g/mol. The van der Waals surface area contributed by atoms with E-state index in [2.05, 4.69) is 0 Å². The zero-order valence-corrected chi connectivity index (χ0v) is 16.8. The number of benzene rings is 2. The summed E-state index contributed by atoms with van der Waals surface area (Å²) < 4.78 is 0. The molecule has 2 amide bonds. The van der Waals surface area contributed by atoms with Crippen molar-refractivity contribution < 1.29 is 9.59 Å². The van der Waals surface area contributed by atoms with Crippen LogP contribution in [0.5, 0.6) is 0 Å². The van der Waals surface area contributed by atoms with E-state index in [0.29, 0.717) is 31.6 Å². The second-order valence-electron chi connectivity index (χ2n) is 8.41. The summed E-state index contributed by atoms with van der Waals surface area (Å²) in [5.74, 6) is 0.219. The molecule has 2 saturated heterocycles. The van der Waals surface area contributed by atoms with Gasteiger partial charge in [0.2, 0.25) is 5.91 Å². The minimum Gasteiger partial charge on any atom is -0.378 e. The summed E-state index contributed by atoms with van der Waals surface area (Å²) in [5, 5.41) is 0. The van der Waals surface area contributed by atoms with Gasteiger partial charge in [-0.1, -0.05) is 17.7 Å². The summed E-state index contributed by atoms with van der Waals surface area (Å²) in [4.78, 5) is 31.5. The van der Waals surface area contributed by atoms with Crippen LogP contribution in [-0.2, 0) is 4.79 Å². The van der Waals surface area contributed by atoms with E-state index >= 15 is 0 Å². The maximum absolute atomic E-state index is 13.0. The molecule has 0 aliphatic carbocycles. The van der Waals surface area contributed by atoms with Crippen molar-refractivity contribution in [2.24, 2.45) is 5.41 Å². The van der Waals surface area contributed by atoms with Crippen molar-refractivity contribution in [2.75, 3.05) is 43.5 Å². The van der Waals surface area contributed by atoms with Gasteiger partial charge in [-0.15, -0.1) is 0 Å². The second-order valence-corrected chi connectivity index (χ2v) is 8.41. The van der Waals surface area contributed by atoms with Gasteiger partial charge < -0.3 is 14.7 Å². The van der Waals surface area contributed by atoms with Crippen LogP contribution < -0.4 is 9.80 Å². The summed E-state index contributed by atoms with van der Waals surface area (Å²) in [5.41, 5.74) is 3.80.